The van der Waals surface area contributed by atoms with Crippen molar-refractivity contribution < 1.29 is 8.42 Å². The van der Waals surface area contributed by atoms with E-state index in [4.69, 9.17) is 5.73 Å². The lowest BCUT2D eigenvalue weighted by atomic mass is 10.4. The van der Waals surface area contributed by atoms with Crippen molar-refractivity contribution in [3.05, 3.63) is 34.3 Å². The minimum Gasteiger partial charge on any atom is -0.326 e. The highest BCUT2D eigenvalue weighted by molar-refractivity contribution is 7.89. The second-order valence-electron chi connectivity index (χ2n) is 3.34. The van der Waals surface area contributed by atoms with Gasteiger partial charge < -0.3 is 5.73 Å². The number of rotatable bonds is 5. The van der Waals surface area contributed by atoms with Gasteiger partial charge in [0.2, 0.25) is 10.0 Å². The summed E-state index contributed by atoms with van der Waals surface area (Å²) in [7, 11) is -3.50. The molecule has 2 aromatic rings. The molecule has 0 aromatic carbocycles. The highest BCUT2D eigenvalue weighted by Crippen LogP contribution is 2.21. The topological polar surface area (TPSA) is 101 Å². The van der Waals surface area contributed by atoms with Crippen LogP contribution in [0.1, 0.15) is 10.4 Å². The molecule has 0 saturated heterocycles. The van der Waals surface area contributed by atoms with Crippen LogP contribution < -0.4 is 10.5 Å². The van der Waals surface area contributed by atoms with Crippen molar-refractivity contribution in [1.29, 1.82) is 0 Å². The van der Waals surface area contributed by atoms with Gasteiger partial charge in [-0.1, -0.05) is 0 Å². The summed E-state index contributed by atoms with van der Waals surface area (Å²) in [5.74, 6) is 0. The predicted molar refractivity (Wildman–Crippen MR) is 64.8 cm³/mol. The van der Waals surface area contributed by atoms with E-state index in [9.17, 15) is 8.42 Å². The van der Waals surface area contributed by atoms with Gasteiger partial charge in [0.15, 0.2) is 0 Å². The normalized spacial score (nSPS) is 11.8. The maximum absolute atomic E-state index is 12.0. The van der Waals surface area contributed by atoms with Crippen LogP contribution in [0.25, 0.3) is 0 Å². The maximum atomic E-state index is 12.0. The number of hydrogen-bond donors (Lipinski definition) is 3. The highest BCUT2D eigenvalue weighted by Gasteiger charge is 2.18. The molecule has 0 unspecified atom stereocenters. The molecule has 0 aliphatic carbocycles. The first-order valence-electron chi connectivity index (χ1n) is 4.87. The van der Waals surface area contributed by atoms with E-state index in [0.29, 0.717) is 4.88 Å². The molecule has 0 atom stereocenters. The van der Waals surface area contributed by atoms with Gasteiger partial charge in [0.05, 0.1) is 11.1 Å². The monoisotopic (exact) mass is 272 g/mol. The molecule has 2 rings (SSSR count). The van der Waals surface area contributed by atoms with Gasteiger partial charge in [-0.2, -0.15) is 5.10 Å². The zero-order valence-corrected chi connectivity index (χ0v) is 10.5. The summed E-state index contributed by atoms with van der Waals surface area (Å²) in [6.45, 7) is 0.429. The molecule has 2 heterocycles. The van der Waals surface area contributed by atoms with Crippen molar-refractivity contribution in [2.24, 2.45) is 5.73 Å². The molecule has 92 valence electrons. The number of aromatic nitrogens is 2. The Kier molecular flexibility index (Phi) is 3.57. The first-order valence-corrected chi connectivity index (χ1v) is 7.23. The number of sulfonamides is 1. The summed E-state index contributed by atoms with van der Waals surface area (Å²) < 4.78 is 26.5. The van der Waals surface area contributed by atoms with Gasteiger partial charge >= 0.3 is 0 Å². The van der Waals surface area contributed by atoms with E-state index in [-0.39, 0.29) is 18.0 Å². The van der Waals surface area contributed by atoms with Crippen LogP contribution in [0, 0.1) is 0 Å². The summed E-state index contributed by atoms with van der Waals surface area (Å²) >= 11 is 1.34. The molecule has 0 amide bonds. The minimum atomic E-state index is -3.50. The molecule has 0 aliphatic heterocycles. The van der Waals surface area contributed by atoms with Gasteiger partial charge in [-0.05, 0) is 11.4 Å². The van der Waals surface area contributed by atoms with Gasteiger partial charge in [-0.25, -0.2) is 13.1 Å². The SMILES string of the molecule is NCc1sccc1S(=O)(=O)NCc1cn[nH]c1. The lowest BCUT2D eigenvalue weighted by Crippen LogP contribution is -2.23. The third-order valence-corrected chi connectivity index (χ3v) is 4.76. The van der Waals surface area contributed by atoms with Crippen molar-refractivity contribution >= 4 is 21.4 Å². The van der Waals surface area contributed by atoms with Crippen LogP contribution in [0.2, 0.25) is 0 Å². The molecule has 0 bridgehead atoms. The quantitative estimate of drug-likeness (QED) is 0.733. The number of H-pyrrole nitrogens is 1. The average molecular weight is 272 g/mol. The Balaban J connectivity index is 2.14. The van der Waals surface area contributed by atoms with Crippen molar-refractivity contribution in [2.45, 2.75) is 18.0 Å². The summed E-state index contributed by atoms with van der Waals surface area (Å²) in [6, 6.07) is 1.56. The fourth-order valence-corrected chi connectivity index (χ4v) is 3.70. The van der Waals surface area contributed by atoms with Crippen LogP contribution >= 0.6 is 11.3 Å². The van der Waals surface area contributed by atoms with Crippen molar-refractivity contribution in [3.63, 3.8) is 0 Å². The van der Waals surface area contributed by atoms with Crippen LogP contribution in [0.4, 0.5) is 0 Å². The maximum Gasteiger partial charge on any atom is 0.242 e. The molecule has 0 saturated carbocycles. The number of nitrogens with two attached hydrogens (primary N) is 1. The lowest BCUT2D eigenvalue weighted by Gasteiger charge is -2.05. The largest absolute Gasteiger partial charge is 0.326 e. The molecule has 4 N–H and O–H groups in total. The predicted octanol–water partition coefficient (Wildman–Crippen LogP) is 0.408. The molecule has 0 fully saturated rings. The molecular weight excluding hydrogens is 260 g/mol. The molecule has 8 heteroatoms. The van der Waals surface area contributed by atoms with E-state index < -0.39 is 10.0 Å². The molecule has 0 radical (unpaired) electrons. The molecule has 6 nitrogen and oxygen atoms in total. The van der Waals surface area contributed by atoms with E-state index in [1.165, 1.54) is 11.3 Å². The van der Waals surface area contributed by atoms with Crippen molar-refractivity contribution in [1.82, 2.24) is 14.9 Å². The molecule has 17 heavy (non-hydrogen) atoms. The van der Waals surface area contributed by atoms with E-state index in [2.05, 4.69) is 14.9 Å². The van der Waals surface area contributed by atoms with E-state index in [1.54, 1.807) is 23.8 Å². The highest BCUT2D eigenvalue weighted by atomic mass is 32.2. The lowest BCUT2D eigenvalue weighted by molar-refractivity contribution is 0.580. The standard InChI is InChI=1S/C9H12N4O2S2/c10-3-8-9(1-2-16-8)17(14,15)13-6-7-4-11-12-5-7/h1-2,4-5,13H,3,6,10H2,(H,11,12). The first-order chi connectivity index (χ1) is 8.13. The fraction of sp³-hybridized carbons (Fsp3) is 0.222. The minimum absolute atomic E-state index is 0.207. The summed E-state index contributed by atoms with van der Waals surface area (Å²) in [6.07, 6.45) is 3.21. The van der Waals surface area contributed by atoms with Gasteiger partial charge in [-0.3, -0.25) is 5.10 Å². The number of aromatic amines is 1. The third-order valence-electron chi connectivity index (χ3n) is 2.20. The Bertz CT molecular complexity index is 574. The zero-order chi connectivity index (χ0) is 12.3. The van der Waals surface area contributed by atoms with Crippen LogP contribution in [-0.2, 0) is 23.1 Å². The fourth-order valence-electron chi connectivity index (χ4n) is 1.35. The molecule has 0 aliphatic rings. The summed E-state index contributed by atoms with van der Waals surface area (Å²) in [5.41, 5.74) is 6.26. The number of thiophene rings is 1. The Labute approximate surface area is 103 Å². The van der Waals surface area contributed by atoms with E-state index in [1.807, 2.05) is 0 Å². The van der Waals surface area contributed by atoms with E-state index >= 15 is 0 Å². The summed E-state index contributed by atoms with van der Waals surface area (Å²) in [5, 5.41) is 8.08. The van der Waals surface area contributed by atoms with Gasteiger partial charge in [0.25, 0.3) is 0 Å². The third kappa shape index (κ3) is 2.72. The van der Waals surface area contributed by atoms with Crippen LogP contribution in [0.3, 0.4) is 0 Å². The Morgan fingerprint density at radius 3 is 3.00 bits per heavy atom. The van der Waals surface area contributed by atoms with Crippen molar-refractivity contribution in [3.8, 4) is 0 Å². The van der Waals surface area contributed by atoms with Gasteiger partial charge in [-0.15, -0.1) is 11.3 Å². The van der Waals surface area contributed by atoms with Crippen LogP contribution in [-0.4, -0.2) is 18.6 Å². The first kappa shape index (κ1) is 12.2. The Morgan fingerprint density at radius 2 is 2.35 bits per heavy atom. The van der Waals surface area contributed by atoms with Crippen LogP contribution in [0.5, 0.6) is 0 Å². The summed E-state index contributed by atoms with van der Waals surface area (Å²) in [4.78, 5) is 0.915. The zero-order valence-electron chi connectivity index (χ0n) is 8.88. The number of nitrogens with zero attached hydrogens (tertiary/aromatic N) is 1. The Hall–Kier alpha value is -1.22. The van der Waals surface area contributed by atoms with Gasteiger partial charge in [0.1, 0.15) is 0 Å². The molecule has 0 spiro atoms. The molecule has 2 aromatic heterocycles. The number of nitrogens with one attached hydrogen (secondary N) is 2. The van der Waals surface area contributed by atoms with Crippen LogP contribution in [0.15, 0.2) is 28.7 Å². The van der Waals surface area contributed by atoms with E-state index in [0.717, 1.165) is 5.56 Å². The average Bonchev–Trinajstić information content (AvgIpc) is 2.97. The smallest absolute Gasteiger partial charge is 0.242 e. The molecular formula is C9H12N4O2S2. The van der Waals surface area contributed by atoms with Crippen molar-refractivity contribution in [2.75, 3.05) is 0 Å². The second kappa shape index (κ2) is 4.96. The second-order valence-corrected chi connectivity index (χ2v) is 6.08. The Morgan fingerprint density at radius 1 is 1.53 bits per heavy atom. The number of hydrogen-bond acceptors (Lipinski definition) is 5. The van der Waals surface area contributed by atoms with Gasteiger partial charge in [0, 0.05) is 29.7 Å².